The molecule has 6 nitrogen and oxygen atoms in total. The maximum Gasteiger partial charge on any atom is 0.303 e. The number of sulfonamides is 1. The minimum atomic E-state index is -3.77. The Hall–Kier alpha value is -0.930. The average Bonchev–Trinajstić information content (AvgIpc) is 2.29. The van der Waals surface area contributed by atoms with Crippen LogP contribution in [0.3, 0.4) is 0 Å². The fraction of sp³-hybridized carbons (Fsp3) is 0.273. The van der Waals surface area contributed by atoms with Crippen molar-refractivity contribution in [1.82, 2.24) is 0 Å². The second-order valence-electron chi connectivity index (χ2n) is 4.15. The summed E-state index contributed by atoms with van der Waals surface area (Å²) >= 11 is 6.53. The molecule has 1 aliphatic rings. The normalized spacial score (nSPS) is 16.0. The van der Waals surface area contributed by atoms with Gasteiger partial charge in [0.2, 0.25) is 0 Å². The fourth-order valence-corrected chi connectivity index (χ4v) is 4.58. The van der Waals surface area contributed by atoms with E-state index in [9.17, 15) is 13.2 Å². The molecule has 2 N–H and O–H groups in total. The van der Waals surface area contributed by atoms with Crippen molar-refractivity contribution in [1.29, 1.82) is 0 Å². The summed E-state index contributed by atoms with van der Waals surface area (Å²) in [4.78, 5) is 10.6. The first-order chi connectivity index (χ1) is 9.29. The van der Waals surface area contributed by atoms with Crippen LogP contribution in [0.2, 0.25) is 0 Å². The molecule has 0 bridgehead atoms. The number of hydrogen-bond donors (Lipinski definition) is 2. The van der Waals surface area contributed by atoms with E-state index in [1.165, 1.54) is 6.07 Å². The van der Waals surface area contributed by atoms with Crippen molar-refractivity contribution in [3.63, 3.8) is 0 Å². The topological polar surface area (TPSA) is 95.8 Å². The van der Waals surface area contributed by atoms with Crippen LogP contribution in [0.5, 0.6) is 0 Å². The van der Waals surface area contributed by atoms with Crippen molar-refractivity contribution in [2.45, 2.75) is 24.2 Å². The first-order valence-corrected chi connectivity index (χ1v) is 8.64. The molecule has 0 amide bonds. The van der Waals surface area contributed by atoms with Gasteiger partial charge in [0.15, 0.2) is 0 Å². The van der Waals surface area contributed by atoms with Gasteiger partial charge in [-0.15, -0.1) is 4.40 Å². The third-order valence-electron chi connectivity index (χ3n) is 2.60. The van der Waals surface area contributed by atoms with E-state index in [1.807, 2.05) is 0 Å². The van der Waals surface area contributed by atoms with E-state index >= 15 is 0 Å². The van der Waals surface area contributed by atoms with Crippen molar-refractivity contribution in [2.75, 3.05) is 5.32 Å². The lowest BCUT2D eigenvalue weighted by molar-refractivity contribution is -0.137. The van der Waals surface area contributed by atoms with Crippen LogP contribution in [-0.4, -0.2) is 25.3 Å². The van der Waals surface area contributed by atoms with Crippen LogP contribution < -0.4 is 5.32 Å². The van der Waals surface area contributed by atoms with E-state index in [0.29, 0.717) is 21.1 Å². The van der Waals surface area contributed by atoms with Crippen LogP contribution in [0.25, 0.3) is 0 Å². The Bertz CT molecular complexity index is 701. The van der Waals surface area contributed by atoms with Gasteiger partial charge < -0.3 is 10.4 Å². The van der Waals surface area contributed by atoms with Crippen molar-refractivity contribution in [3.8, 4) is 0 Å². The van der Waals surface area contributed by atoms with Gasteiger partial charge in [-0.1, -0.05) is 15.9 Å². The highest BCUT2D eigenvalue weighted by atomic mass is 79.9. The van der Waals surface area contributed by atoms with E-state index in [-0.39, 0.29) is 23.6 Å². The Morgan fingerprint density at radius 2 is 2.05 bits per heavy atom. The quantitative estimate of drug-likeness (QED) is 0.772. The Morgan fingerprint density at radius 1 is 1.35 bits per heavy atom. The van der Waals surface area contributed by atoms with Gasteiger partial charge in [-0.05, 0) is 34.5 Å². The largest absolute Gasteiger partial charge is 0.481 e. The molecule has 1 heterocycles. The maximum absolute atomic E-state index is 12.1. The second-order valence-corrected chi connectivity index (χ2v) is 7.49. The van der Waals surface area contributed by atoms with Gasteiger partial charge in [0.25, 0.3) is 10.0 Å². The van der Waals surface area contributed by atoms with Crippen molar-refractivity contribution in [2.24, 2.45) is 4.40 Å². The number of nitrogens with one attached hydrogen (secondary N) is 1. The molecule has 0 atom stereocenters. The SMILES string of the molecule is O=C(O)CCCC1=NS(=O)(=O)c2cc(Br)cc(Br)c2N1. The lowest BCUT2D eigenvalue weighted by Crippen LogP contribution is -2.22. The summed E-state index contributed by atoms with van der Waals surface area (Å²) in [5.74, 6) is -0.670. The number of carboxylic acids is 1. The van der Waals surface area contributed by atoms with E-state index in [1.54, 1.807) is 6.07 Å². The number of carbonyl (C=O) groups is 1. The minimum absolute atomic E-state index is 0.0326. The van der Waals surface area contributed by atoms with Gasteiger partial charge in [0.05, 0.1) is 5.69 Å². The molecule has 0 aliphatic carbocycles. The number of amidine groups is 1. The van der Waals surface area contributed by atoms with Crippen molar-refractivity contribution < 1.29 is 18.3 Å². The Morgan fingerprint density at radius 3 is 2.70 bits per heavy atom. The number of benzene rings is 1. The third-order valence-corrected chi connectivity index (χ3v) is 5.02. The highest BCUT2D eigenvalue weighted by molar-refractivity contribution is 9.11. The minimum Gasteiger partial charge on any atom is -0.481 e. The maximum atomic E-state index is 12.1. The predicted molar refractivity (Wildman–Crippen MR) is 81.6 cm³/mol. The molecule has 0 aromatic heterocycles. The molecule has 0 fully saturated rings. The number of rotatable bonds is 4. The predicted octanol–water partition coefficient (Wildman–Crippen LogP) is 2.98. The molecule has 2 rings (SSSR count). The Kier molecular flexibility index (Phi) is 4.50. The number of anilines is 1. The van der Waals surface area contributed by atoms with E-state index in [2.05, 4.69) is 41.6 Å². The molecule has 1 aliphatic heterocycles. The van der Waals surface area contributed by atoms with Crippen molar-refractivity contribution >= 4 is 59.4 Å². The fourth-order valence-electron chi connectivity index (χ4n) is 1.75. The lowest BCUT2D eigenvalue weighted by atomic mass is 10.2. The van der Waals surface area contributed by atoms with Gasteiger partial charge in [-0.3, -0.25) is 4.79 Å². The average molecular weight is 426 g/mol. The number of carboxylic acid groups (broad SMARTS) is 1. The van der Waals surface area contributed by atoms with Crippen LogP contribution in [0.1, 0.15) is 19.3 Å². The molecule has 0 unspecified atom stereocenters. The molecule has 1 aromatic rings. The summed E-state index contributed by atoms with van der Waals surface area (Å²) in [6.45, 7) is 0. The zero-order chi connectivity index (χ0) is 14.9. The molecule has 0 saturated heterocycles. The number of hydrogen-bond acceptors (Lipinski definition) is 4. The first-order valence-electron chi connectivity index (χ1n) is 5.61. The highest BCUT2D eigenvalue weighted by Gasteiger charge is 2.27. The molecule has 0 spiro atoms. The summed E-state index contributed by atoms with van der Waals surface area (Å²) in [5.41, 5.74) is 0.425. The summed E-state index contributed by atoms with van der Waals surface area (Å²) in [6.07, 6.45) is 0.544. The Balaban J connectivity index is 2.31. The Labute approximate surface area is 132 Å². The van der Waals surface area contributed by atoms with Crippen LogP contribution in [0.15, 0.2) is 30.4 Å². The van der Waals surface area contributed by atoms with Gasteiger partial charge in [-0.2, -0.15) is 8.42 Å². The standard InChI is InChI=1S/C11H10Br2N2O4S/c12-6-4-7(13)11-8(5-6)20(18,19)15-9(14-11)2-1-3-10(16)17/h4-5H,1-3H2,(H,14,15)(H,16,17). The van der Waals surface area contributed by atoms with Gasteiger partial charge in [0.1, 0.15) is 10.7 Å². The monoisotopic (exact) mass is 424 g/mol. The van der Waals surface area contributed by atoms with Gasteiger partial charge in [0, 0.05) is 21.8 Å². The first kappa shape index (κ1) is 15.5. The van der Waals surface area contributed by atoms with Gasteiger partial charge in [-0.25, -0.2) is 0 Å². The number of fused-ring (bicyclic) bond motifs is 1. The number of nitrogens with zero attached hydrogens (tertiary/aromatic N) is 1. The van der Waals surface area contributed by atoms with Crippen LogP contribution in [0, 0.1) is 0 Å². The van der Waals surface area contributed by atoms with E-state index in [0.717, 1.165) is 0 Å². The third kappa shape index (κ3) is 3.39. The molecular weight excluding hydrogens is 416 g/mol. The highest BCUT2D eigenvalue weighted by Crippen LogP contribution is 2.37. The van der Waals surface area contributed by atoms with Crippen LogP contribution in [-0.2, 0) is 14.8 Å². The van der Waals surface area contributed by atoms with E-state index in [4.69, 9.17) is 5.11 Å². The van der Waals surface area contributed by atoms with E-state index < -0.39 is 16.0 Å². The molecular formula is C11H10Br2N2O4S. The zero-order valence-corrected chi connectivity index (χ0v) is 14.0. The number of aliphatic carboxylic acids is 1. The summed E-state index contributed by atoms with van der Waals surface area (Å²) in [6, 6.07) is 3.20. The van der Waals surface area contributed by atoms with Crippen LogP contribution in [0.4, 0.5) is 5.69 Å². The van der Waals surface area contributed by atoms with Crippen LogP contribution >= 0.6 is 31.9 Å². The van der Waals surface area contributed by atoms with Crippen molar-refractivity contribution in [3.05, 3.63) is 21.1 Å². The zero-order valence-electron chi connectivity index (χ0n) is 10.1. The molecule has 20 heavy (non-hydrogen) atoms. The molecule has 0 saturated carbocycles. The molecule has 0 radical (unpaired) electrons. The lowest BCUT2D eigenvalue weighted by Gasteiger charge is -2.19. The summed E-state index contributed by atoms with van der Waals surface area (Å²) < 4.78 is 29.1. The molecule has 9 heteroatoms. The van der Waals surface area contributed by atoms with Gasteiger partial charge >= 0.3 is 5.97 Å². The second kappa shape index (κ2) is 5.82. The molecule has 108 valence electrons. The summed E-state index contributed by atoms with van der Waals surface area (Å²) in [7, 11) is -3.77. The summed E-state index contributed by atoms with van der Waals surface area (Å²) in [5, 5.41) is 11.5. The molecule has 1 aromatic carbocycles. The number of halogens is 2. The smallest absolute Gasteiger partial charge is 0.303 e.